The van der Waals surface area contributed by atoms with E-state index >= 15 is 0 Å². The molecule has 0 atom stereocenters. The molecule has 1 aliphatic carbocycles. The van der Waals surface area contributed by atoms with Gasteiger partial charge < -0.3 is 9.88 Å². The number of hydrogen-bond acceptors (Lipinski definition) is 1. The maximum atomic E-state index is 12.3. The van der Waals surface area contributed by atoms with E-state index in [0.717, 1.165) is 36.1 Å². The third-order valence-corrected chi connectivity index (χ3v) is 4.78. The summed E-state index contributed by atoms with van der Waals surface area (Å²) in [6.07, 6.45) is 7.99. The van der Waals surface area contributed by atoms with Crippen LogP contribution in [0, 0.1) is 5.41 Å². The van der Waals surface area contributed by atoms with Crippen molar-refractivity contribution in [2.24, 2.45) is 5.41 Å². The molecular weight excluding hydrogens is 304 g/mol. The summed E-state index contributed by atoms with van der Waals surface area (Å²) >= 11 is 3.45. The highest BCUT2D eigenvalue weighted by Gasteiger charge is 2.35. The van der Waals surface area contributed by atoms with Crippen molar-refractivity contribution in [1.29, 1.82) is 0 Å². The zero-order valence-corrected chi connectivity index (χ0v) is 13.4. The molecule has 0 aliphatic heterocycles. The lowest BCUT2D eigenvalue weighted by atomic mass is 9.67. The third kappa shape index (κ3) is 3.22. The Morgan fingerprint density at radius 2 is 2.21 bits per heavy atom. The number of hydrogen-bond donors (Lipinski definition) is 1. The maximum absolute atomic E-state index is 12.3. The summed E-state index contributed by atoms with van der Waals surface area (Å²) in [7, 11) is 0. The molecule has 1 fully saturated rings. The molecule has 3 nitrogen and oxygen atoms in total. The minimum Gasteiger partial charge on any atom is -0.350 e. The summed E-state index contributed by atoms with van der Waals surface area (Å²) in [5.41, 5.74) is 1.13. The second kappa shape index (κ2) is 6.12. The summed E-state index contributed by atoms with van der Waals surface area (Å²) in [5, 5.41) is 3.12. The van der Waals surface area contributed by atoms with Crippen LogP contribution in [0.2, 0.25) is 0 Å². The van der Waals surface area contributed by atoms with Crippen LogP contribution in [-0.2, 0) is 6.54 Å². The number of nitrogens with zero attached hydrogens (tertiary/aromatic N) is 1. The Hall–Kier alpha value is -0.770. The van der Waals surface area contributed by atoms with Crippen molar-refractivity contribution < 1.29 is 4.79 Å². The summed E-state index contributed by atoms with van der Waals surface area (Å²) in [6, 6.07) is 1.91. The van der Waals surface area contributed by atoms with E-state index in [-0.39, 0.29) is 5.91 Å². The molecule has 0 saturated heterocycles. The van der Waals surface area contributed by atoms with E-state index in [2.05, 4.69) is 35.1 Å². The SMILES string of the molecule is CCCn1cc(Br)cc1C(=O)NCC1(CC)CCC1. The highest BCUT2D eigenvalue weighted by Crippen LogP contribution is 2.43. The Morgan fingerprint density at radius 1 is 1.47 bits per heavy atom. The van der Waals surface area contributed by atoms with Crippen molar-refractivity contribution in [2.75, 3.05) is 6.54 Å². The van der Waals surface area contributed by atoms with Gasteiger partial charge in [-0.1, -0.05) is 20.3 Å². The minimum absolute atomic E-state index is 0.0545. The predicted octanol–water partition coefficient (Wildman–Crippen LogP) is 3.97. The topological polar surface area (TPSA) is 34.0 Å². The number of aryl methyl sites for hydroxylation is 1. The second-order valence-corrected chi connectivity index (χ2v) is 6.54. The first-order valence-electron chi connectivity index (χ1n) is 7.24. The zero-order valence-electron chi connectivity index (χ0n) is 11.8. The lowest BCUT2D eigenvalue weighted by Gasteiger charge is -2.41. The summed E-state index contributed by atoms with van der Waals surface area (Å²) in [6.45, 7) is 6.04. The standard InChI is InChI=1S/C15H23BrN2O/c1-3-8-18-10-12(16)9-13(18)14(19)17-11-15(4-2)6-5-7-15/h9-10H,3-8,11H2,1-2H3,(H,17,19). The van der Waals surface area contributed by atoms with Gasteiger partial charge in [-0.05, 0) is 53.1 Å². The molecule has 1 N–H and O–H groups in total. The number of amides is 1. The van der Waals surface area contributed by atoms with Gasteiger partial charge in [-0.2, -0.15) is 0 Å². The first-order valence-corrected chi connectivity index (χ1v) is 8.03. The highest BCUT2D eigenvalue weighted by atomic mass is 79.9. The number of carbonyl (C=O) groups is 1. The molecule has 106 valence electrons. The van der Waals surface area contributed by atoms with E-state index < -0.39 is 0 Å². The predicted molar refractivity (Wildman–Crippen MR) is 81.3 cm³/mol. The minimum atomic E-state index is 0.0545. The number of halogens is 1. The molecule has 0 unspecified atom stereocenters. The lowest BCUT2D eigenvalue weighted by molar-refractivity contribution is 0.0841. The Kier molecular flexibility index (Phi) is 4.71. The average molecular weight is 327 g/mol. The van der Waals surface area contributed by atoms with Gasteiger partial charge in [0.05, 0.1) is 0 Å². The Morgan fingerprint density at radius 3 is 2.74 bits per heavy atom. The summed E-state index contributed by atoms with van der Waals surface area (Å²) < 4.78 is 3.00. The molecule has 0 aromatic carbocycles. The van der Waals surface area contributed by atoms with Gasteiger partial charge >= 0.3 is 0 Å². The average Bonchev–Trinajstić information content (AvgIpc) is 2.70. The molecule has 1 aromatic heterocycles. The molecule has 0 radical (unpaired) electrons. The van der Waals surface area contributed by atoms with Gasteiger partial charge in [0.15, 0.2) is 0 Å². The molecule has 1 aliphatic rings. The highest BCUT2D eigenvalue weighted by molar-refractivity contribution is 9.10. The van der Waals surface area contributed by atoms with Gasteiger partial charge in [-0.25, -0.2) is 0 Å². The largest absolute Gasteiger partial charge is 0.350 e. The van der Waals surface area contributed by atoms with Crippen LogP contribution in [0.4, 0.5) is 0 Å². The number of aromatic nitrogens is 1. The molecule has 19 heavy (non-hydrogen) atoms. The molecule has 1 heterocycles. The van der Waals surface area contributed by atoms with Crippen LogP contribution in [0.1, 0.15) is 56.4 Å². The Labute approximate surface area is 123 Å². The molecule has 0 spiro atoms. The molecule has 0 bridgehead atoms. The number of rotatable bonds is 6. The van der Waals surface area contributed by atoms with Crippen LogP contribution in [-0.4, -0.2) is 17.0 Å². The zero-order chi connectivity index (χ0) is 13.9. The molecule has 1 saturated carbocycles. The van der Waals surface area contributed by atoms with Gasteiger partial charge in [-0.3, -0.25) is 4.79 Å². The van der Waals surface area contributed by atoms with Crippen LogP contribution >= 0.6 is 15.9 Å². The molecular formula is C15H23BrN2O. The van der Waals surface area contributed by atoms with Gasteiger partial charge in [0, 0.05) is 23.8 Å². The van der Waals surface area contributed by atoms with E-state index in [0.29, 0.717) is 5.41 Å². The first-order chi connectivity index (χ1) is 9.10. The molecule has 4 heteroatoms. The van der Waals surface area contributed by atoms with Gasteiger partial charge in [0.2, 0.25) is 0 Å². The normalized spacial score (nSPS) is 17.0. The molecule has 1 aromatic rings. The maximum Gasteiger partial charge on any atom is 0.267 e. The van der Waals surface area contributed by atoms with Crippen molar-refractivity contribution in [3.8, 4) is 0 Å². The van der Waals surface area contributed by atoms with Crippen molar-refractivity contribution in [3.63, 3.8) is 0 Å². The Balaban J connectivity index is 1.99. The van der Waals surface area contributed by atoms with E-state index in [4.69, 9.17) is 0 Å². The van der Waals surface area contributed by atoms with E-state index in [1.54, 1.807) is 0 Å². The smallest absolute Gasteiger partial charge is 0.267 e. The number of nitrogens with one attached hydrogen (secondary N) is 1. The van der Waals surface area contributed by atoms with E-state index in [9.17, 15) is 4.79 Å². The van der Waals surface area contributed by atoms with Crippen LogP contribution in [0.25, 0.3) is 0 Å². The van der Waals surface area contributed by atoms with Crippen LogP contribution in [0.3, 0.4) is 0 Å². The quantitative estimate of drug-likeness (QED) is 0.843. The Bertz CT molecular complexity index is 443. The monoisotopic (exact) mass is 326 g/mol. The first kappa shape index (κ1) is 14.6. The number of carbonyl (C=O) groups excluding carboxylic acids is 1. The van der Waals surface area contributed by atoms with Crippen LogP contribution < -0.4 is 5.32 Å². The van der Waals surface area contributed by atoms with Gasteiger partial charge in [0.25, 0.3) is 5.91 Å². The fourth-order valence-corrected chi connectivity index (χ4v) is 3.25. The van der Waals surface area contributed by atoms with Crippen molar-refractivity contribution in [3.05, 3.63) is 22.4 Å². The molecule has 2 rings (SSSR count). The fourth-order valence-electron chi connectivity index (χ4n) is 2.78. The summed E-state index contributed by atoms with van der Waals surface area (Å²) in [4.78, 5) is 12.3. The van der Waals surface area contributed by atoms with Crippen molar-refractivity contribution >= 4 is 21.8 Å². The van der Waals surface area contributed by atoms with Crippen molar-refractivity contribution in [2.45, 2.75) is 52.5 Å². The summed E-state index contributed by atoms with van der Waals surface area (Å²) in [5.74, 6) is 0.0545. The lowest BCUT2D eigenvalue weighted by Crippen LogP contribution is -2.42. The van der Waals surface area contributed by atoms with Crippen LogP contribution in [0.5, 0.6) is 0 Å². The van der Waals surface area contributed by atoms with Crippen LogP contribution in [0.15, 0.2) is 16.7 Å². The second-order valence-electron chi connectivity index (χ2n) is 5.63. The van der Waals surface area contributed by atoms with Gasteiger partial charge in [-0.15, -0.1) is 0 Å². The molecule has 1 amide bonds. The van der Waals surface area contributed by atoms with Gasteiger partial charge in [0.1, 0.15) is 5.69 Å². The third-order valence-electron chi connectivity index (χ3n) is 4.35. The van der Waals surface area contributed by atoms with E-state index in [1.807, 2.05) is 16.8 Å². The van der Waals surface area contributed by atoms with E-state index in [1.165, 1.54) is 19.3 Å². The van der Waals surface area contributed by atoms with Crippen molar-refractivity contribution in [1.82, 2.24) is 9.88 Å². The fraction of sp³-hybridized carbons (Fsp3) is 0.667.